The standard InChI is InChI=1S/C13H7Cl3N2S2/c14-9-2-1-7(5-10(9)15)20-6-11-17-12(16)8-3-4-19-13(8)18-11/h1-5H,6H2. The predicted octanol–water partition coefficient (Wildman–Crippen LogP) is 5.94. The van der Waals surface area contributed by atoms with Gasteiger partial charge in [0.15, 0.2) is 0 Å². The molecule has 20 heavy (non-hydrogen) atoms. The highest BCUT2D eigenvalue weighted by atomic mass is 35.5. The maximum Gasteiger partial charge on any atom is 0.142 e. The Morgan fingerprint density at radius 2 is 1.90 bits per heavy atom. The Morgan fingerprint density at radius 3 is 2.70 bits per heavy atom. The van der Waals surface area contributed by atoms with E-state index in [2.05, 4.69) is 9.97 Å². The van der Waals surface area contributed by atoms with Crippen molar-refractivity contribution in [2.75, 3.05) is 0 Å². The van der Waals surface area contributed by atoms with E-state index in [4.69, 9.17) is 34.8 Å². The molecule has 3 rings (SSSR count). The van der Waals surface area contributed by atoms with Gasteiger partial charge in [-0.15, -0.1) is 23.1 Å². The number of hydrogen-bond acceptors (Lipinski definition) is 4. The molecule has 2 heterocycles. The summed E-state index contributed by atoms with van der Waals surface area (Å²) >= 11 is 21.2. The fraction of sp³-hybridized carbons (Fsp3) is 0.0769. The van der Waals surface area contributed by atoms with E-state index in [1.807, 2.05) is 23.6 Å². The van der Waals surface area contributed by atoms with Gasteiger partial charge in [0.25, 0.3) is 0 Å². The van der Waals surface area contributed by atoms with Crippen molar-refractivity contribution >= 4 is 68.1 Å². The lowest BCUT2D eigenvalue weighted by molar-refractivity contribution is 1.08. The third-order valence-electron chi connectivity index (χ3n) is 2.58. The first-order chi connectivity index (χ1) is 9.63. The summed E-state index contributed by atoms with van der Waals surface area (Å²) in [7, 11) is 0. The van der Waals surface area contributed by atoms with Gasteiger partial charge >= 0.3 is 0 Å². The summed E-state index contributed by atoms with van der Waals surface area (Å²) in [5.41, 5.74) is 0. The van der Waals surface area contributed by atoms with Crippen molar-refractivity contribution in [1.29, 1.82) is 0 Å². The molecule has 7 heteroatoms. The van der Waals surface area contributed by atoms with Crippen LogP contribution in [-0.2, 0) is 5.75 Å². The molecule has 0 unspecified atom stereocenters. The van der Waals surface area contributed by atoms with Crippen LogP contribution in [0.2, 0.25) is 15.2 Å². The van der Waals surface area contributed by atoms with Crippen LogP contribution >= 0.6 is 57.9 Å². The number of benzene rings is 1. The van der Waals surface area contributed by atoms with Gasteiger partial charge in [-0.05, 0) is 29.6 Å². The van der Waals surface area contributed by atoms with E-state index in [1.165, 1.54) is 0 Å². The highest BCUT2D eigenvalue weighted by Gasteiger charge is 2.08. The van der Waals surface area contributed by atoms with E-state index >= 15 is 0 Å². The number of nitrogens with zero attached hydrogens (tertiary/aromatic N) is 2. The maximum absolute atomic E-state index is 6.14. The quantitative estimate of drug-likeness (QED) is 0.426. The van der Waals surface area contributed by atoms with Crippen molar-refractivity contribution in [2.24, 2.45) is 0 Å². The monoisotopic (exact) mass is 360 g/mol. The third-order valence-corrected chi connectivity index (χ3v) is 5.41. The second-order valence-electron chi connectivity index (χ2n) is 3.93. The lowest BCUT2D eigenvalue weighted by atomic mass is 10.4. The van der Waals surface area contributed by atoms with Crippen molar-refractivity contribution in [3.8, 4) is 0 Å². The zero-order chi connectivity index (χ0) is 14.1. The van der Waals surface area contributed by atoms with Gasteiger partial charge in [-0.25, -0.2) is 9.97 Å². The van der Waals surface area contributed by atoms with E-state index in [1.54, 1.807) is 29.2 Å². The number of aromatic nitrogens is 2. The van der Waals surface area contributed by atoms with Crippen LogP contribution in [-0.4, -0.2) is 9.97 Å². The van der Waals surface area contributed by atoms with Gasteiger partial charge < -0.3 is 0 Å². The van der Waals surface area contributed by atoms with E-state index in [0.29, 0.717) is 26.8 Å². The largest absolute Gasteiger partial charge is 0.221 e. The van der Waals surface area contributed by atoms with E-state index in [9.17, 15) is 0 Å². The molecule has 0 aliphatic heterocycles. The number of thioether (sulfide) groups is 1. The summed E-state index contributed by atoms with van der Waals surface area (Å²) in [6, 6.07) is 7.46. The normalized spacial score (nSPS) is 11.2. The zero-order valence-corrected chi connectivity index (χ0v) is 13.8. The van der Waals surface area contributed by atoms with Gasteiger partial charge in [-0.1, -0.05) is 34.8 Å². The minimum atomic E-state index is 0.501. The Balaban J connectivity index is 1.80. The van der Waals surface area contributed by atoms with E-state index in [0.717, 1.165) is 15.1 Å². The summed E-state index contributed by atoms with van der Waals surface area (Å²) in [5, 5.41) is 4.46. The van der Waals surface area contributed by atoms with Crippen molar-refractivity contribution in [3.63, 3.8) is 0 Å². The number of rotatable bonds is 3. The first-order valence-electron chi connectivity index (χ1n) is 5.61. The molecule has 3 aromatic rings. The van der Waals surface area contributed by atoms with Crippen LogP contribution in [0.25, 0.3) is 10.2 Å². The SMILES string of the molecule is Clc1ccc(SCc2nc(Cl)c3ccsc3n2)cc1Cl. The molecule has 0 atom stereocenters. The highest BCUT2D eigenvalue weighted by molar-refractivity contribution is 7.98. The molecule has 0 spiro atoms. The lowest BCUT2D eigenvalue weighted by Crippen LogP contribution is -1.92. The molecule has 2 aromatic heterocycles. The van der Waals surface area contributed by atoms with Gasteiger partial charge in [-0.2, -0.15) is 0 Å². The Morgan fingerprint density at radius 1 is 1.05 bits per heavy atom. The lowest BCUT2D eigenvalue weighted by Gasteiger charge is -2.03. The number of fused-ring (bicyclic) bond motifs is 1. The first kappa shape index (κ1) is 14.4. The summed E-state index contributed by atoms with van der Waals surface area (Å²) in [5.74, 6) is 1.34. The average molecular weight is 362 g/mol. The molecular weight excluding hydrogens is 355 g/mol. The zero-order valence-electron chi connectivity index (χ0n) is 9.94. The van der Waals surface area contributed by atoms with Gasteiger partial charge in [0.1, 0.15) is 15.8 Å². The molecule has 0 N–H and O–H groups in total. The summed E-state index contributed by atoms with van der Waals surface area (Å²) in [6.45, 7) is 0. The Hall–Kier alpha value is -0.520. The van der Waals surface area contributed by atoms with Crippen LogP contribution in [0.4, 0.5) is 0 Å². The van der Waals surface area contributed by atoms with Crippen LogP contribution in [0.1, 0.15) is 5.82 Å². The van der Waals surface area contributed by atoms with Crippen molar-refractivity contribution < 1.29 is 0 Å². The minimum Gasteiger partial charge on any atom is -0.221 e. The summed E-state index contributed by atoms with van der Waals surface area (Å²) in [4.78, 5) is 10.7. The van der Waals surface area contributed by atoms with Crippen LogP contribution in [0.15, 0.2) is 34.5 Å². The van der Waals surface area contributed by atoms with Crippen molar-refractivity contribution in [3.05, 3.63) is 50.7 Å². The van der Waals surface area contributed by atoms with E-state index < -0.39 is 0 Å². The van der Waals surface area contributed by atoms with Gasteiger partial charge in [0.2, 0.25) is 0 Å². The number of halogens is 3. The molecule has 1 aromatic carbocycles. The first-order valence-corrected chi connectivity index (χ1v) is 8.61. The molecule has 0 aliphatic carbocycles. The fourth-order valence-corrected chi connectivity index (χ4v) is 3.88. The second-order valence-corrected chi connectivity index (χ2v) is 7.05. The molecule has 0 fully saturated rings. The summed E-state index contributed by atoms with van der Waals surface area (Å²) < 4.78 is 0. The topological polar surface area (TPSA) is 25.8 Å². The molecule has 0 aliphatic rings. The molecule has 2 nitrogen and oxygen atoms in total. The van der Waals surface area contributed by atoms with E-state index in [-0.39, 0.29) is 0 Å². The smallest absolute Gasteiger partial charge is 0.142 e. The van der Waals surface area contributed by atoms with Crippen LogP contribution in [0.3, 0.4) is 0 Å². The molecule has 102 valence electrons. The van der Waals surface area contributed by atoms with Gasteiger partial charge in [0.05, 0.1) is 15.8 Å². The van der Waals surface area contributed by atoms with Crippen molar-refractivity contribution in [1.82, 2.24) is 9.97 Å². The highest BCUT2D eigenvalue weighted by Crippen LogP contribution is 2.30. The van der Waals surface area contributed by atoms with Gasteiger partial charge in [0, 0.05) is 10.3 Å². The Bertz CT molecular complexity index is 773. The molecule has 0 amide bonds. The van der Waals surface area contributed by atoms with Crippen LogP contribution in [0.5, 0.6) is 0 Å². The average Bonchev–Trinajstić information content (AvgIpc) is 2.89. The molecule has 0 bridgehead atoms. The Labute approximate surface area is 139 Å². The van der Waals surface area contributed by atoms with Crippen LogP contribution in [0, 0.1) is 0 Å². The van der Waals surface area contributed by atoms with Crippen molar-refractivity contribution in [2.45, 2.75) is 10.6 Å². The van der Waals surface area contributed by atoms with Gasteiger partial charge in [-0.3, -0.25) is 0 Å². The molecule has 0 saturated carbocycles. The molecule has 0 saturated heterocycles. The fourth-order valence-electron chi connectivity index (χ4n) is 1.64. The number of hydrogen-bond donors (Lipinski definition) is 0. The molecular formula is C13H7Cl3N2S2. The second kappa shape index (κ2) is 6.08. The number of thiophene rings is 1. The third kappa shape index (κ3) is 3.05. The minimum absolute atomic E-state index is 0.501. The summed E-state index contributed by atoms with van der Waals surface area (Å²) in [6.07, 6.45) is 0. The molecule has 0 radical (unpaired) electrons. The maximum atomic E-state index is 6.14. The predicted molar refractivity (Wildman–Crippen MR) is 88.4 cm³/mol. The van der Waals surface area contributed by atoms with Crippen LogP contribution < -0.4 is 0 Å². The Kier molecular flexibility index (Phi) is 4.38.